The molecule has 0 fully saturated rings. The summed E-state index contributed by atoms with van der Waals surface area (Å²) in [5.41, 5.74) is 1.30. The van der Waals surface area contributed by atoms with Crippen molar-refractivity contribution in [2.24, 2.45) is 0 Å². The van der Waals surface area contributed by atoms with E-state index in [1.807, 2.05) is 12.1 Å². The van der Waals surface area contributed by atoms with Crippen LogP contribution in [0.25, 0.3) is 6.08 Å². The number of ether oxygens (including phenoxy) is 2. The molecule has 25 heavy (non-hydrogen) atoms. The van der Waals surface area contributed by atoms with E-state index in [0.29, 0.717) is 6.79 Å². The molecule has 3 heteroatoms. The van der Waals surface area contributed by atoms with Crippen LogP contribution in [0, 0.1) is 0 Å². The topological polar surface area (TPSA) is 18.5 Å². The zero-order valence-electron chi connectivity index (χ0n) is 16.9. The third-order valence-electron chi connectivity index (χ3n) is 4.94. The van der Waals surface area contributed by atoms with Crippen molar-refractivity contribution in [3.05, 3.63) is 33.9 Å². The van der Waals surface area contributed by atoms with E-state index in [4.69, 9.17) is 9.47 Å². The Morgan fingerprint density at radius 2 is 1.36 bits per heavy atom. The summed E-state index contributed by atoms with van der Waals surface area (Å²) >= 11 is -2.17. The molecule has 0 spiro atoms. The van der Waals surface area contributed by atoms with Gasteiger partial charge in [-0.1, -0.05) is 0 Å². The number of rotatable bonds is 14. The minimum absolute atomic E-state index is 0.305. The Morgan fingerprint density at radius 1 is 0.840 bits per heavy atom. The van der Waals surface area contributed by atoms with Crippen LogP contribution in [-0.2, 0) is 4.74 Å². The number of hydrogen-bond acceptors (Lipinski definition) is 2. The molecule has 0 amide bonds. The van der Waals surface area contributed by atoms with Gasteiger partial charge >= 0.3 is 160 Å². The summed E-state index contributed by atoms with van der Waals surface area (Å²) in [6.07, 6.45) is 10.6. The van der Waals surface area contributed by atoms with Crippen LogP contribution in [0.5, 0.6) is 5.75 Å². The third-order valence-corrected chi connectivity index (χ3v) is 19.0. The summed E-state index contributed by atoms with van der Waals surface area (Å²) in [5, 5.41) is 0. The molecular formula is C22H38O2Sn. The predicted octanol–water partition coefficient (Wildman–Crippen LogP) is 7.07. The SMILES string of the molecule is CCC[CH2][Sn](/[CH]=C/c1ccc(OCOC)cc1)([CH2]CCC)[CH2]CCC. The molecule has 0 bridgehead atoms. The fourth-order valence-corrected chi connectivity index (χ4v) is 17.5. The maximum absolute atomic E-state index is 5.48. The molecule has 0 aliphatic rings. The first-order chi connectivity index (χ1) is 12.2. The van der Waals surface area contributed by atoms with E-state index in [9.17, 15) is 0 Å². The minimum atomic E-state index is -2.17. The monoisotopic (exact) mass is 454 g/mol. The number of methoxy groups -OCH3 is 1. The van der Waals surface area contributed by atoms with Gasteiger partial charge in [0.2, 0.25) is 0 Å². The molecule has 0 radical (unpaired) electrons. The van der Waals surface area contributed by atoms with E-state index in [-0.39, 0.29) is 0 Å². The molecule has 0 aliphatic heterocycles. The Bertz CT molecular complexity index is 446. The van der Waals surface area contributed by atoms with E-state index < -0.39 is 18.4 Å². The van der Waals surface area contributed by atoms with Crippen molar-refractivity contribution < 1.29 is 9.47 Å². The van der Waals surface area contributed by atoms with E-state index in [1.54, 1.807) is 7.11 Å². The first kappa shape index (κ1) is 22.6. The van der Waals surface area contributed by atoms with Gasteiger partial charge in [0.25, 0.3) is 0 Å². The Labute approximate surface area is 159 Å². The summed E-state index contributed by atoms with van der Waals surface area (Å²) in [6, 6.07) is 8.41. The number of hydrogen-bond donors (Lipinski definition) is 0. The molecule has 1 aromatic rings. The third kappa shape index (κ3) is 9.14. The predicted molar refractivity (Wildman–Crippen MR) is 113 cm³/mol. The number of unbranched alkanes of at least 4 members (excludes halogenated alkanes) is 3. The van der Waals surface area contributed by atoms with E-state index >= 15 is 0 Å². The van der Waals surface area contributed by atoms with Gasteiger partial charge in [-0.2, -0.15) is 0 Å². The first-order valence-electron chi connectivity index (χ1n) is 10.1. The van der Waals surface area contributed by atoms with Crippen LogP contribution >= 0.6 is 0 Å². The van der Waals surface area contributed by atoms with E-state index in [0.717, 1.165) is 5.75 Å². The van der Waals surface area contributed by atoms with E-state index in [2.05, 4.69) is 43.1 Å². The second-order valence-corrected chi connectivity index (χ2v) is 20.1. The van der Waals surface area contributed by atoms with Crippen LogP contribution in [0.4, 0.5) is 0 Å². The van der Waals surface area contributed by atoms with Crippen molar-refractivity contribution in [1.29, 1.82) is 0 Å². The van der Waals surface area contributed by atoms with Gasteiger partial charge in [0, 0.05) is 0 Å². The van der Waals surface area contributed by atoms with Crippen molar-refractivity contribution >= 4 is 24.5 Å². The molecule has 0 unspecified atom stereocenters. The zero-order valence-corrected chi connectivity index (χ0v) is 19.7. The summed E-state index contributed by atoms with van der Waals surface area (Å²) in [6.45, 7) is 7.30. The second-order valence-electron chi connectivity index (χ2n) is 7.13. The van der Waals surface area contributed by atoms with Gasteiger partial charge in [-0.25, -0.2) is 0 Å². The molecular weight excluding hydrogens is 415 g/mol. The van der Waals surface area contributed by atoms with Gasteiger partial charge < -0.3 is 0 Å². The molecule has 0 aromatic heterocycles. The average molecular weight is 453 g/mol. The summed E-state index contributed by atoms with van der Waals surface area (Å²) in [5.74, 6) is 0.872. The Morgan fingerprint density at radius 3 is 1.80 bits per heavy atom. The van der Waals surface area contributed by atoms with Gasteiger partial charge in [0.15, 0.2) is 0 Å². The molecule has 1 aromatic carbocycles. The average Bonchev–Trinajstić information content (AvgIpc) is 2.66. The Hall–Kier alpha value is -0.481. The summed E-state index contributed by atoms with van der Waals surface area (Å²) in [4.78, 5) is 0. The van der Waals surface area contributed by atoms with Crippen molar-refractivity contribution in [2.45, 2.75) is 72.6 Å². The van der Waals surface area contributed by atoms with Crippen LogP contribution in [-0.4, -0.2) is 32.3 Å². The molecule has 0 atom stereocenters. The van der Waals surface area contributed by atoms with E-state index in [1.165, 1.54) is 57.4 Å². The zero-order chi connectivity index (χ0) is 18.4. The van der Waals surface area contributed by atoms with Crippen LogP contribution in [0.2, 0.25) is 13.3 Å². The molecule has 0 heterocycles. The van der Waals surface area contributed by atoms with Crippen molar-refractivity contribution in [3.8, 4) is 5.75 Å². The fourth-order valence-electron chi connectivity index (χ4n) is 3.29. The number of benzene rings is 1. The van der Waals surface area contributed by atoms with Crippen LogP contribution in [0.3, 0.4) is 0 Å². The van der Waals surface area contributed by atoms with Crippen molar-refractivity contribution in [2.75, 3.05) is 13.9 Å². The van der Waals surface area contributed by atoms with Gasteiger partial charge in [0.05, 0.1) is 0 Å². The van der Waals surface area contributed by atoms with Gasteiger partial charge in [-0.05, 0) is 0 Å². The quantitative estimate of drug-likeness (QED) is 0.222. The Balaban J connectivity index is 2.86. The van der Waals surface area contributed by atoms with Crippen molar-refractivity contribution in [1.82, 2.24) is 0 Å². The second kappa shape index (κ2) is 13.7. The summed E-state index contributed by atoms with van der Waals surface area (Å²) < 4.78 is 17.7. The molecule has 2 nitrogen and oxygen atoms in total. The first-order valence-corrected chi connectivity index (χ1v) is 17.8. The molecule has 142 valence electrons. The van der Waals surface area contributed by atoms with Gasteiger partial charge in [0.1, 0.15) is 0 Å². The molecule has 0 aliphatic carbocycles. The normalized spacial score (nSPS) is 12.0. The van der Waals surface area contributed by atoms with Gasteiger partial charge in [-0.15, -0.1) is 0 Å². The Kier molecular flexibility index (Phi) is 12.4. The fraction of sp³-hybridized carbons (Fsp3) is 0.636. The molecule has 0 saturated heterocycles. The van der Waals surface area contributed by atoms with Crippen molar-refractivity contribution in [3.63, 3.8) is 0 Å². The molecule has 0 N–H and O–H groups in total. The van der Waals surface area contributed by atoms with Crippen LogP contribution in [0.1, 0.15) is 64.9 Å². The molecule has 1 rings (SSSR count). The maximum atomic E-state index is 5.48. The van der Waals surface area contributed by atoms with Crippen LogP contribution in [0.15, 0.2) is 28.4 Å². The van der Waals surface area contributed by atoms with Crippen LogP contribution < -0.4 is 4.74 Å². The summed E-state index contributed by atoms with van der Waals surface area (Å²) in [7, 11) is 1.65. The standard InChI is InChI=1S/C10H11O2.3C4H9.Sn/c1-3-9-4-6-10(7-5-9)12-8-11-2;3*1-3-4-2;/h1,3-7H,8H2,2H3;3*1,3-4H2,2H3;. The molecule has 0 saturated carbocycles. The van der Waals surface area contributed by atoms with Gasteiger partial charge in [-0.3, -0.25) is 0 Å².